The van der Waals surface area contributed by atoms with Gasteiger partial charge in [0.2, 0.25) is 0 Å². The van der Waals surface area contributed by atoms with Crippen LogP contribution in [0.2, 0.25) is 0 Å². The first kappa shape index (κ1) is 16.5. The minimum absolute atomic E-state index is 0.0740. The normalized spacial score (nSPS) is 13.9. The van der Waals surface area contributed by atoms with E-state index in [1.807, 2.05) is 0 Å². The highest BCUT2D eigenvalue weighted by Gasteiger charge is 2.28. The summed E-state index contributed by atoms with van der Waals surface area (Å²) in [5.41, 5.74) is -1.55. The van der Waals surface area contributed by atoms with E-state index in [4.69, 9.17) is 9.84 Å². The smallest absolute Gasteiger partial charge is 0.254 e. The Bertz CT molecular complexity index is 488. The van der Waals surface area contributed by atoms with Gasteiger partial charge in [0.05, 0.1) is 17.7 Å². The molecule has 0 fully saturated rings. The number of amides is 1. The summed E-state index contributed by atoms with van der Waals surface area (Å²) in [5, 5.41) is 11.4. The standard InChI is InChI=1S/C13H16F3NO3/c1-13(3-4-18,7-20-2)17-12(19)8-5-10(15)11(16)6-9(8)14/h5-6,18H,3-4,7H2,1-2H3,(H,17,19). The Balaban J connectivity index is 2.97. The summed E-state index contributed by atoms with van der Waals surface area (Å²) in [4.78, 5) is 11.9. The molecule has 1 unspecified atom stereocenters. The number of carbonyl (C=O) groups excluding carboxylic acids is 1. The number of hydrogen-bond acceptors (Lipinski definition) is 3. The summed E-state index contributed by atoms with van der Waals surface area (Å²) in [6, 6.07) is 0.802. The van der Waals surface area contributed by atoms with Crippen molar-refractivity contribution in [3.63, 3.8) is 0 Å². The van der Waals surface area contributed by atoms with Gasteiger partial charge in [-0.25, -0.2) is 13.2 Å². The van der Waals surface area contributed by atoms with E-state index in [0.717, 1.165) is 0 Å². The van der Waals surface area contributed by atoms with Crippen LogP contribution in [0.4, 0.5) is 13.2 Å². The lowest BCUT2D eigenvalue weighted by Crippen LogP contribution is -2.50. The van der Waals surface area contributed by atoms with E-state index >= 15 is 0 Å². The molecule has 0 bridgehead atoms. The zero-order valence-electron chi connectivity index (χ0n) is 11.2. The molecule has 0 radical (unpaired) electrons. The Morgan fingerprint density at radius 3 is 2.45 bits per heavy atom. The van der Waals surface area contributed by atoms with Gasteiger partial charge >= 0.3 is 0 Å². The summed E-state index contributed by atoms with van der Waals surface area (Å²) in [6.07, 6.45) is 0.165. The van der Waals surface area contributed by atoms with Gasteiger partial charge in [-0.2, -0.15) is 0 Å². The summed E-state index contributed by atoms with van der Waals surface area (Å²) in [6.45, 7) is 1.44. The van der Waals surface area contributed by atoms with E-state index in [1.54, 1.807) is 6.92 Å². The van der Waals surface area contributed by atoms with Crippen molar-refractivity contribution in [3.05, 3.63) is 35.1 Å². The molecule has 0 saturated heterocycles. The molecule has 0 saturated carbocycles. The van der Waals surface area contributed by atoms with E-state index in [-0.39, 0.29) is 19.6 Å². The topological polar surface area (TPSA) is 58.6 Å². The maximum Gasteiger partial charge on any atom is 0.254 e. The molecular formula is C13H16F3NO3. The summed E-state index contributed by atoms with van der Waals surface area (Å²) in [5.74, 6) is -4.75. The summed E-state index contributed by atoms with van der Waals surface area (Å²) in [7, 11) is 1.40. The summed E-state index contributed by atoms with van der Waals surface area (Å²) < 4.78 is 44.3. The van der Waals surface area contributed by atoms with Crippen LogP contribution in [-0.4, -0.2) is 36.9 Å². The third-order valence-corrected chi connectivity index (χ3v) is 2.80. The molecule has 1 aromatic carbocycles. The lowest BCUT2D eigenvalue weighted by atomic mass is 9.98. The molecule has 0 aliphatic carbocycles. The molecule has 1 amide bonds. The number of halogens is 3. The summed E-state index contributed by atoms with van der Waals surface area (Å²) >= 11 is 0. The minimum Gasteiger partial charge on any atom is -0.396 e. The Labute approximate surface area is 114 Å². The van der Waals surface area contributed by atoms with Gasteiger partial charge < -0.3 is 15.2 Å². The largest absolute Gasteiger partial charge is 0.396 e. The fourth-order valence-electron chi connectivity index (χ4n) is 1.77. The lowest BCUT2D eigenvalue weighted by molar-refractivity contribution is 0.0722. The molecule has 0 aliphatic rings. The Kier molecular flexibility index (Phi) is 5.52. The third-order valence-electron chi connectivity index (χ3n) is 2.80. The number of ether oxygens (including phenoxy) is 1. The van der Waals surface area contributed by atoms with Crippen molar-refractivity contribution in [1.82, 2.24) is 5.32 Å². The highest BCUT2D eigenvalue weighted by atomic mass is 19.2. The average molecular weight is 291 g/mol. The molecule has 1 rings (SSSR count). The number of carbonyl (C=O) groups is 1. The average Bonchev–Trinajstić information content (AvgIpc) is 2.33. The van der Waals surface area contributed by atoms with Crippen LogP contribution in [0, 0.1) is 17.5 Å². The van der Waals surface area contributed by atoms with Crippen LogP contribution in [0.15, 0.2) is 12.1 Å². The first-order valence-corrected chi connectivity index (χ1v) is 5.90. The predicted octanol–water partition coefficient (Wildman–Crippen LogP) is 1.62. The molecule has 0 heterocycles. The van der Waals surface area contributed by atoms with Gasteiger partial charge in [-0.15, -0.1) is 0 Å². The van der Waals surface area contributed by atoms with Gasteiger partial charge in [-0.1, -0.05) is 0 Å². The van der Waals surface area contributed by atoms with Gasteiger partial charge in [0.1, 0.15) is 5.82 Å². The molecule has 0 aliphatic heterocycles. The van der Waals surface area contributed by atoms with Gasteiger partial charge in [-0.3, -0.25) is 4.79 Å². The van der Waals surface area contributed by atoms with Crippen molar-refractivity contribution >= 4 is 5.91 Å². The van der Waals surface area contributed by atoms with Crippen molar-refractivity contribution < 1.29 is 27.8 Å². The molecule has 4 nitrogen and oxygen atoms in total. The van der Waals surface area contributed by atoms with Crippen LogP contribution in [0.3, 0.4) is 0 Å². The van der Waals surface area contributed by atoms with Gasteiger partial charge in [0.25, 0.3) is 5.91 Å². The quantitative estimate of drug-likeness (QED) is 0.783. The fourth-order valence-corrected chi connectivity index (χ4v) is 1.77. The van der Waals surface area contributed by atoms with Crippen molar-refractivity contribution in [1.29, 1.82) is 0 Å². The van der Waals surface area contributed by atoms with Crippen LogP contribution < -0.4 is 5.32 Å². The second kappa shape index (κ2) is 6.71. The zero-order valence-corrected chi connectivity index (χ0v) is 11.2. The van der Waals surface area contributed by atoms with Crippen LogP contribution >= 0.6 is 0 Å². The molecule has 7 heteroatoms. The first-order valence-electron chi connectivity index (χ1n) is 5.90. The maximum atomic E-state index is 13.5. The highest BCUT2D eigenvalue weighted by Crippen LogP contribution is 2.16. The van der Waals surface area contributed by atoms with Gasteiger partial charge in [0, 0.05) is 19.8 Å². The molecule has 1 atom stereocenters. The van der Waals surface area contributed by atoms with E-state index in [0.29, 0.717) is 12.1 Å². The molecule has 0 aromatic heterocycles. The zero-order chi connectivity index (χ0) is 15.3. The lowest BCUT2D eigenvalue weighted by Gasteiger charge is -2.29. The Morgan fingerprint density at radius 1 is 1.30 bits per heavy atom. The molecular weight excluding hydrogens is 275 g/mol. The Hall–Kier alpha value is -1.60. The van der Waals surface area contributed by atoms with E-state index in [2.05, 4.69) is 5.32 Å². The SMILES string of the molecule is COCC(C)(CCO)NC(=O)c1cc(F)c(F)cc1F. The van der Waals surface area contributed by atoms with Crippen LogP contribution in [0.1, 0.15) is 23.7 Å². The molecule has 0 spiro atoms. The van der Waals surface area contributed by atoms with Crippen molar-refractivity contribution in [3.8, 4) is 0 Å². The molecule has 1 aromatic rings. The maximum absolute atomic E-state index is 13.5. The van der Waals surface area contributed by atoms with Gasteiger partial charge in [-0.05, 0) is 19.4 Å². The second-order valence-corrected chi connectivity index (χ2v) is 4.67. The van der Waals surface area contributed by atoms with Crippen molar-refractivity contribution in [2.24, 2.45) is 0 Å². The first-order chi connectivity index (χ1) is 9.33. The van der Waals surface area contributed by atoms with Crippen molar-refractivity contribution in [2.45, 2.75) is 18.9 Å². The number of nitrogens with one attached hydrogen (secondary N) is 1. The highest BCUT2D eigenvalue weighted by molar-refractivity contribution is 5.95. The molecule has 2 N–H and O–H groups in total. The van der Waals surface area contributed by atoms with Crippen LogP contribution in [0.5, 0.6) is 0 Å². The van der Waals surface area contributed by atoms with Crippen molar-refractivity contribution in [2.75, 3.05) is 20.3 Å². The number of rotatable bonds is 6. The number of aliphatic hydroxyl groups is 1. The third kappa shape index (κ3) is 3.94. The Morgan fingerprint density at radius 2 is 1.90 bits per heavy atom. The predicted molar refractivity (Wildman–Crippen MR) is 65.8 cm³/mol. The second-order valence-electron chi connectivity index (χ2n) is 4.67. The minimum atomic E-state index is -1.37. The van der Waals surface area contributed by atoms with Crippen LogP contribution in [0.25, 0.3) is 0 Å². The number of methoxy groups -OCH3 is 1. The van der Waals surface area contributed by atoms with E-state index < -0.39 is 34.5 Å². The van der Waals surface area contributed by atoms with Crippen LogP contribution in [-0.2, 0) is 4.74 Å². The fraction of sp³-hybridized carbons (Fsp3) is 0.462. The monoisotopic (exact) mass is 291 g/mol. The molecule has 20 heavy (non-hydrogen) atoms. The number of benzene rings is 1. The number of hydrogen-bond donors (Lipinski definition) is 2. The molecule has 112 valence electrons. The van der Waals surface area contributed by atoms with E-state index in [9.17, 15) is 18.0 Å². The van der Waals surface area contributed by atoms with Gasteiger partial charge in [0.15, 0.2) is 11.6 Å². The number of aliphatic hydroxyl groups excluding tert-OH is 1. The van der Waals surface area contributed by atoms with E-state index in [1.165, 1.54) is 7.11 Å².